The number of hydrogen-bond donors (Lipinski definition) is 1. The first kappa shape index (κ1) is 15.0. The Hall–Kier alpha value is -0.360. The Balaban J connectivity index is 2.23. The molecular weight excluding hydrogens is 390 g/mol. The van der Waals surface area contributed by atoms with Gasteiger partial charge in [-0.25, -0.2) is 0 Å². The molecule has 1 heterocycles. The first-order valence-electron chi connectivity index (χ1n) is 5.89. The molecule has 19 heavy (non-hydrogen) atoms. The standard InChI is InChI=1S/C14H15Br2NOS/c1-17-12(13-5-6-14(16)19-13)8-9-7-10(18-2)3-4-11(9)15/h3-7,12,17H,8H2,1-2H3. The molecule has 0 saturated heterocycles. The van der Waals surface area contributed by atoms with E-state index in [0.717, 1.165) is 20.4 Å². The zero-order chi connectivity index (χ0) is 13.8. The van der Waals surface area contributed by atoms with Gasteiger partial charge in [0, 0.05) is 15.4 Å². The van der Waals surface area contributed by atoms with E-state index in [-0.39, 0.29) is 0 Å². The van der Waals surface area contributed by atoms with Gasteiger partial charge in [-0.3, -0.25) is 0 Å². The zero-order valence-corrected chi connectivity index (χ0v) is 14.7. The van der Waals surface area contributed by atoms with E-state index < -0.39 is 0 Å². The summed E-state index contributed by atoms with van der Waals surface area (Å²) in [6.45, 7) is 0. The third kappa shape index (κ3) is 3.81. The van der Waals surface area contributed by atoms with Crippen LogP contribution in [0.25, 0.3) is 0 Å². The minimum Gasteiger partial charge on any atom is -0.497 e. The maximum Gasteiger partial charge on any atom is 0.119 e. The highest BCUT2D eigenvalue weighted by molar-refractivity contribution is 9.11. The van der Waals surface area contributed by atoms with Crippen LogP contribution in [0.5, 0.6) is 5.75 Å². The van der Waals surface area contributed by atoms with Gasteiger partial charge in [-0.15, -0.1) is 11.3 Å². The zero-order valence-electron chi connectivity index (χ0n) is 10.7. The van der Waals surface area contributed by atoms with Gasteiger partial charge < -0.3 is 10.1 Å². The molecule has 1 aromatic carbocycles. The van der Waals surface area contributed by atoms with Crippen LogP contribution in [-0.2, 0) is 6.42 Å². The van der Waals surface area contributed by atoms with E-state index in [9.17, 15) is 0 Å². The molecule has 0 bridgehead atoms. The molecule has 0 spiro atoms. The van der Waals surface area contributed by atoms with Crippen LogP contribution in [0.4, 0.5) is 0 Å². The van der Waals surface area contributed by atoms with Crippen LogP contribution < -0.4 is 10.1 Å². The van der Waals surface area contributed by atoms with E-state index >= 15 is 0 Å². The maximum atomic E-state index is 5.29. The van der Waals surface area contributed by atoms with Crippen LogP contribution in [0, 0.1) is 0 Å². The van der Waals surface area contributed by atoms with E-state index in [0.29, 0.717) is 6.04 Å². The molecule has 0 aliphatic carbocycles. The van der Waals surface area contributed by atoms with Gasteiger partial charge in [-0.05, 0) is 65.3 Å². The lowest BCUT2D eigenvalue weighted by atomic mass is 10.0. The van der Waals surface area contributed by atoms with E-state index in [2.05, 4.69) is 55.4 Å². The summed E-state index contributed by atoms with van der Waals surface area (Å²) in [5, 5.41) is 3.37. The fourth-order valence-corrected chi connectivity index (χ4v) is 3.86. The van der Waals surface area contributed by atoms with Crippen LogP contribution in [0.1, 0.15) is 16.5 Å². The summed E-state index contributed by atoms with van der Waals surface area (Å²) in [6.07, 6.45) is 0.918. The third-order valence-electron chi connectivity index (χ3n) is 2.96. The van der Waals surface area contributed by atoms with Crippen LogP contribution >= 0.6 is 43.2 Å². The highest BCUT2D eigenvalue weighted by atomic mass is 79.9. The number of thiophene rings is 1. The predicted molar refractivity (Wildman–Crippen MR) is 88.2 cm³/mol. The van der Waals surface area contributed by atoms with Crippen molar-refractivity contribution in [3.05, 3.63) is 49.0 Å². The minimum atomic E-state index is 0.305. The van der Waals surface area contributed by atoms with Gasteiger partial charge >= 0.3 is 0 Å². The monoisotopic (exact) mass is 403 g/mol. The predicted octanol–water partition coefficient (Wildman–Crippen LogP) is 4.78. The lowest BCUT2D eigenvalue weighted by Gasteiger charge is -2.16. The molecule has 0 amide bonds. The molecule has 0 radical (unpaired) electrons. The van der Waals surface area contributed by atoms with Crippen molar-refractivity contribution in [2.75, 3.05) is 14.2 Å². The van der Waals surface area contributed by atoms with E-state index in [1.54, 1.807) is 18.4 Å². The minimum absolute atomic E-state index is 0.305. The van der Waals surface area contributed by atoms with Gasteiger partial charge in [0.15, 0.2) is 0 Å². The van der Waals surface area contributed by atoms with E-state index in [1.807, 2.05) is 19.2 Å². The Kier molecular flexibility index (Phi) is 5.45. The number of rotatable bonds is 5. The number of methoxy groups -OCH3 is 1. The summed E-state index contributed by atoms with van der Waals surface area (Å²) in [7, 11) is 3.69. The van der Waals surface area contributed by atoms with E-state index in [4.69, 9.17) is 4.74 Å². The van der Waals surface area contributed by atoms with Crippen molar-refractivity contribution in [2.24, 2.45) is 0 Å². The van der Waals surface area contributed by atoms with Crippen molar-refractivity contribution < 1.29 is 4.74 Å². The molecule has 0 aliphatic heterocycles. The Morgan fingerprint density at radius 3 is 2.63 bits per heavy atom. The van der Waals surface area contributed by atoms with Crippen LogP contribution in [0.2, 0.25) is 0 Å². The molecule has 1 aromatic heterocycles. The van der Waals surface area contributed by atoms with Gasteiger partial charge in [0.05, 0.1) is 10.9 Å². The normalized spacial score (nSPS) is 12.4. The smallest absolute Gasteiger partial charge is 0.119 e. The molecule has 0 fully saturated rings. The summed E-state index contributed by atoms with van der Waals surface area (Å²) in [5.41, 5.74) is 1.24. The second kappa shape index (κ2) is 6.88. The van der Waals surface area contributed by atoms with Gasteiger partial charge in [-0.2, -0.15) is 0 Å². The molecule has 5 heteroatoms. The average Bonchev–Trinajstić information content (AvgIpc) is 2.84. The fraction of sp³-hybridized carbons (Fsp3) is 0.286. The van der Waals surface area contributed by atoms with Crippen molar-refractivity contribution in [2.45, 2.75) is 12.5 Å². The van der Waals surface area contributed by atoms with Crippen molar-refractivity contribution in [1.82, 2.24) is 5.32 Å². The highest BCUT2D eigenvalue weighted by Crippen LogP contribution is 2.31. The third-order valence-corrected chi connectivity index (χ3v) is 5.47. The Bertz CT molecular complexity index is 556. The summed E-state index contributed by atoms with van der Waals surface area (Å²) in [5.74, 6) is 0.889. The van der Waals surface area contributed by atoms with Crippen molar-refractivity contribution in [1.29, 1.82) is 0 Å². The summed E-state index contributed by atoms with van der Waals surface area (Å²) in [6, 6.07) is 10.6. The van der Waals surface area contributed by atoms with Crippen molar-refractivity contribution >= 4 is 43.2 Å². The number of halogens is 2. The number of likely N-dealkylation sites (N-methyl/N-ethyl adjacent to an activating group) is 1. The Labute approximate surface area is 134 Å². The second-order valence-corrected chi connectivity index (χ2v) is 7.49. The molecule has 0 saturated carbocycles. The first-order valence-corrected chi connectivity index (χ1v) is 8.29. The largest absolute Gasteiger partial charge is 0.497 e. The average molecular weight is 405 g/mol. The molecule has 1 unspecified atom stereocenters. The molecule has 0 aliphatic rings. The van der Waals surface area contributed by atoms with Crippen LogP contribution in [-0.4, -0.2) is 14.2 Å². The van der Waals surface area contributed by atoms with Crippen LogP contribution in [0.15, 0.2) is 38.6 Å². The lowest BCUT2D eigenvalue weighted by Crippen LogP contribution is -2.17. The Morgan fingerprint density at radius 2 is 2.05 bits per heavy atom. The fourth-order valence-electron chi connectivity index (χ4n) is 1.91. The molecule has 2 nitrogen and oxygen atoms in total. The summed E-state index contributed by atoms with van der Waals surface area (Å²) >= 11 is 8.88. The Morgan fingerprint density at radius 1 is 1.26 bits per heavy atom. The highest BCUT2D eigenvalue weighted by Gasteiger charge is 2.14. The topological polar surface area (TPSA) is 21.3 Å². The molecule has 2 aromatic rings. The molecular formula is C14H15Br2NOS. The maximum absolute atomic E-state index is 5.29. The second-order valence-electron chi connectivity index (χ2n) is 4.14. The van der Waals surface area contributed by atoms with E-state index in [1.165, 1.54) is 10.4 Å². The first-order chi connectivity index (χ1) is 9.13. The quantitative estimate of drug-likeness (QED) is 0.773. The summed E-state index contributed by atoms with van der Waals surface area (Å²) < 4.78 is 7.56. The summed E-state index contributed by atoms with van der Waals surface area (Å²) in [4.78, 5) is 1.32. The van der Waals surface area contributed by atoms with Gasteiger partial charge in [0.25, 0.3) is 0 Å². The molecule has 2 rings (SSSR count). The number of hydrogen-bond acceptors (Lipinski definition) is 3. The SMILES string of the molecule is CNC(Cc1cc(OC)ccc1Br)c1ccc(Br)s1. The molecule has 1 N–H and O–H groups in total. The number of ether oxygens (including phenoxy) is 1. The lowest BCUT2D eigenvalue weighted by molar-refractivity contribution is 0.414. The van der Waals surface area contributed by atoms with Gasteiger partial charge in [0.2, 0.25) is 0 Å². The number of benzene rings is 1. The van der Waals surface area contributed by atoms with Crippen molar-refractivity contribution in [3.8, 4) is 5.75 Å². The molecule has 1 atom stereocenters. The van der Waals surface area contributed by atoms with Crippen LogP contribution in [0.3, 0.4) is 0 Å². The molecule has 102 valence electrons. The number of nitrogens with one attached hydrogen (secondary N) is 1. The van der Waals surface area contributed by atoms with Gasteiger partial charge in [0.1, 0.15) is 5.75 Å². The van der Waals surface area contributed by atoms with Gasteiger partial charge in [-0.1, -0.05) is 15.9 Å². The van der Waals surface area contributed by atoms with Crippen molar-refractivity contribution in [3.63, 3.8) is 0 Å².